The Hall–Kier alpha value is -2.37. The molecule has 0 unspecified atom stereocenters. The molecule has 1 aliphatic carbocycles. The summed E-state index contributed by atoms with van der Waals surface area (Å²) in [5.74, 6) is -1.60. The number of carbonyl (C=O) groups is 3. The molecule has 20 heavy (non-hydrogen) atoms. The lowest BCUT2D eigenvalue weighted by Gasteiger charge is -2.13. The minimum atomic E-state index is -1.10. The molecule has 1 aromatic carbocycles. The molecule has 1 saturated carbocycles. The molecule has 1 aromatic rings. The van der Waals surface area contributed by atoms with E-state index in [0.717, 1.165) is 0 Å². The number of rotatable bonds is 4. The van der Waals surface area contributed by atoms with E-state index in [4.69, 9.17) is 5.11 Å². The molecule has 1 aliphatic rings. The van der Waals surface area contributed by atoms with Crippen molar-refractivity contribution in [2.24, 2.45) is 0 Å². The van der Waals surface area contributed by atoms with Crippen LogP contribution in [0, 0.1) is 0 Å². The zero-order valence-corrected chi connectivity index (χ0v) is 11.3. The number of aliphatic carboxylic acids is 1. The summed E-state index contributed by atoms with van der Waals surface area (Å²) in [7, 11) is 3.29. The molecule has 2 amide bonds. The highest BCUT2D eigenvalue weighted by Crippen LogP contribution is 2.35. The lowest BCUT2D eigenvalue weighted by Crippen LogP contribution is -2.43. The summed E-state index contributed by atoms with van der Waals surface area (Å²) >= 11 is 0. The van der Waals surface area contributed by atoms with E-state index in [1.165, 1.54) is 17.0 Å². The summed E-state index contributed by atoms with van der Waals surface area (Å²) in [5.41, 5.74) is -0.284. The van der Waals surface area contributed by atoms with Crippen LogP contribution in [-0.2, 0) is 4.79 Å². The molecule has 0 heterocycles. The van der Waals surface area contributed by atoms with Gasteiger partial charge >= 0.3 is 5.97 Å². The van der Waals surface area contributed by atoms with E-state index in [1.54, 1.807) is 26.2 Å². The van der Waals surface area contributed by atoms with Crippen LogP contribution in [-0.4, -0.2) is 47.4 Å². The molecule has 0 aliphatic heterocycles. The number of hydrogen-bond acceptors (Lipinski definition) is 3. The second kappa shape index (κ2) is 4.96. The van der Waals surface area contributed by atoms with Crippen LogP contribution in [0.25, 0.3) is 0 Å². The van der Waals surface area contributed by atoms with E-state index >= 15 is 0 Å². The van der Waals surface area contributed by atoms with Gasteiger partial charge in [-0.15, -0.1) is 0 Å². The summed E-state index contributed by atoms with van der Waals surface area (Å²) in [5, 5.41) is 11.5. The van der Waals surface area contributed by atoms with Crippen LogP contribution in [0.3, 0.4) is 0 Å². The highest BCUT2D eigenvalue weighted by atomic mass is 16.4. The zero-order chi connectivity index (χ0) is 14.9. The van der Waals surface area contributed by atoms with Gasteiger partial charge in [0, 0.05) is 25.2 Å². The molecule has 0 saturated heterocycles. The summed E-state index contributed by atoms with van der Waals surface area (Å²) < 4.78 is 0. The van der Waals surface area contributed by atoms with Gasteiger partial charge in [0.1, 0.15) is 5.54 Å². The Kier molecular flexibility index (Phi) is 3.48. The molecule has 0 radical (unpaired) electrons. The van der Waals surface area contributed by atoms with E-state index in [0.29, 0.717) is 24.0 Å². The third-order valence-electron chi connectivity index (χ3n) is 3.31. The average Bonchev–Trinajstić information content (AvgIpc) is 3.19. The van der Waals surface area contributed by atoms with Crippen molar-refractivity contribution in [3.05, 3.63) is 35.4 Å². The second-order valence-electron chi connectivity index (χ2n) is 5.12. The molecular weight excluding hydrogens is 260 g/mol. The first-order valence-corrected chi connectivity index (χ1v) is 6.23. The first-order chi connectivity index (χ1) is 9.35. The van der Waals surface area contributed by atoms with Crippen LogP contribution in [0.5, 0.6) is 0 Å². The maximum atomic E-state index is 11.9. The third kappa shape index (κ3) is 2.64. The van der Waals surface area contributed by atoms with Gasteiger partial charge in [0.05, 0.1) is 0 Å². The fraction of sp³-hybridized carbons (Fsp3) is 0.357. The van der Waals surface area contributed by atoms with Crippen molar-refractivity contribution >= 4 is 17.8 Å². The molecule has 1 fully saturated rings. The van der Waals surface area contributed by atoms with E-state index in [1.807, 2.05) is 0 Å². The minimum Gasteiger partial charge on any atom is -0.480 e. The number of carboxylic acid groups (broad SMARTS) is 1. The first-order valence-electron chi connectivity index (χ1n) is 6.23. The summed E-state index contributed by atoms with van der Waals surface area (Å²) in [4.78, 5) is 36.1. The molecule has 2 rings (SSSR count). The molecule has 106 valence electrons. The number of hydrogen-bond donors (Lipinski definition) is 2. The zero-order valence-electron chi connectivity index (χ0n) is 11.3. The van der Waals surface area contributed by atoms with Crippen molar-refractivity contribution in [3.63, 3.8) is 0 Å². The number of nitrogens with zero attached hydrogens (tertiary/aromatic N) is 1. The molecule has 0 aromatic heterocycles. The van der Waals surface area contributed by atoms with Crippen LogP contribution < -0.4 is 5.32 Å². The maximum Gasteiger partial charge on any atom is 0.329 e. The van der Waals surface area contributed by atoms with Gasteiger partial charge in [-0.05, 0) is 37.1 Å². The van der Waals surface area contributed by atoms with Crippen molar-refractivity contribution in [1.82, 2.24) is 10.2 Å². The fourth-order valence-electron chi connectivity index (χ4n) is 1.83. The number of amides is 2. The molecule has 0 atom stereocenters. The second-order valence-corrected chi connectivity index (χ2v) is 5.12. The standard InChI is InChI=1S/C14H16N2O4/c1-16(2)12(18)10-5-3-9(4-6-10)11(17)15-14(7-8-14)13(19)20/h3-6H,7-8H2,1-2H3,(H,15,17)(H,19,20). The minimum absolute atomic E-state index is 0.152. The van der Waals surface area contributed by atoms with Gasteiger partial charge in [0.2, 0.25) is 0 Å². The Morgan fingerprint density at radius 1 is 1.10 bits per heavy atom. The normalized spacial score (nSPS) is 15.3. The SMILES string of the molecule is CN(C)C(=O)c1ccc(C(=O)NC2(C(=O)O)CC2)cc1. The van der Waals surface area contributed by atoms with Gasteiger partial charge in [-0.1, -0.05) is 0 Å². The quantitative estimate of drug-likeness (QED) is 0.849. The molecule has 0 bridgehead atoms. The number of carboxylic acids is 1. The van der Waals surface area contributed by atoms with Crippen molar-refractivity contribution in [3.8, 4) is 0 Å². The first kappa shape index (κ1) is 14.0. The van der Waals surface area contributed by atoms with Crippen LogP contribution in [0.2, 0.25) is 0 Å². The lowest BCUT2D eigenvalue weighted by atomic mass is 10.1. The highest BCUT2D eigenvalue weighted by Gasteiger charge is 2.51. The predicted molar refractivity (Wildman–Crippen MR) is 71.5 cm³/mol. The van der Waals surface area contributed by atoms with Gasteiger partial charge in [0.25, 0.3) is 11.8 Å². The third-order valence-corrected chi connectivity index (χ3v) is 3.31. The Labute approximate surface area is 116 Å². The lowest BCUT2D eigenvalue weighted by molar-refractivity contribution is -0.140. The smallest absolute Gasteiger partial charge is 0.329 e. The van der Waals surface area contributed by atoms with Crippen LogP contribution in [0.1, 0.15) is 33.6 Å². The summed E-state index contributed by atoms with van der Waals surface area (Å²) in [6.45, 7) is 0. The fourth-order valence-corrected chi connectivity index (χ4v) is 1.83. The Morgan fingerprint density at radius 3 is 2.00 bits per heavy atom. The van der Waals surface area contributed by atoms with E-state index in [-0.39, 0.29) is 5.91 Å². The van der Waals surface area contributed by atoms with Crippen molar-refractivity contribution in [2.45, 2.75) is 18.4 Å². The van der Waals surface area contributed by atoms with Crippen molar-refractivity contribution < 1.29 is 19.5 Å². The van der Waals surface area contributed by atoms with E-state index in [2.05, 4.69) is 5.32 Å². The number of carbonyl (C=O) groups excluding carboxylic acids is 2. The van der Waals surface area contributed by atoms with Crippen LogP contribution >= 0.6 is 0 Å². The van der Waals surface area contributed by atoms with Gasteiger partial charge < -0.3 is 15.3 Å². The highest BCUT2D eigenvalue weighted by molar-refractivity contribution is 6.00. The molecule has 6 nitrogen and oxygen atoms in total. The number of nitrogens with one attached hydrogen (secondary N) is 1. The van der Waals surface area contributed by atoms with Crippen LogP contribution in [0.15, 0.2) is 24.3 Å². The largest absolute Gasteiger partial charge is 0.480 e. The summed E-state index contributed by atoms with van der Waals surface area (Å²) in [6.07, 6.45) is 0.899. The van der Waals surface area contributed by atoms with Crippen LogP contribution in [0.4, 0.5) is 0 Å². The van der Waals surface area contributed by atoms with E-state index in [9.17, 15) is 14.4 Å². The Bertz CT molecular complexity index is 559. The van der Waals surface area contributed by atoms with Crippen molar-refractivity contribution in [1.29, 1.82) is 0 Å². The monoisotopic (exact) mass is 276 g/mol. The van der Waals surface area contributed by atoms with Gasteiger partial charge in [-0.25, -0.2) is 4.79 Å². The van der Waals surface area contributed by atoms with Gasteiger partial charge in [-0.2, -0.15) is 0 Å². The molecule has 6 heteroatoms. The topological polar surface area (TPSA) is 86.7 Å². The van der Waals surface area contributed by atoms with E-state index < -0.39 is 17.4 Å². The molecule has 0 spiro atoms. The predicted octanol–water partition coefficient (Wildman–Crippen LogP) is 0.735. The average molecular weight is 276 g/mol. The van der Waals surface area contributed by atoms with Crippen molar-refractivity contribution in [2.75, 3.05) is 14.1 Å². The molecular formula is C14H16N2O4. The van der Waals surface area contributed by atoms with Gasteiger partial charge in [-0.3, -0.25) is 9.59 Å². The maximum absolute atomic E-state index is 11.9. The van der Waals surface area contributed by atoms with Gasteiger partial charge in [0.15, 0.2) is 0 Å². The summed E-state index contributed by atoms with van der Waals surface area (Å²) in [6, 6.07) is 6.14. The Balaban J connectivity index is 2.09. The molecule has 2 N–H and O–H groups in total. The number of benzene rings is 1. The Morgan fingerprint density at radius 2 is 1.60 bits per heavy atom.